The van der Waals surface area contributed by atoms with E-state index in [-0.39, 0.29) is 11.8 Å². The van der Waals surface area contributed by atoms with Crippen LogP contribution in [-0.2, 0) is 16.0 Å². The summed E-state index contributed by atoms with van der Waals surface area (Å²) in [7, 11) is 0. The summed E-state index contributed by atoms with van der Waals surface area (Å²) in [5.74, 6) is -1.48. The van der Waals surface area contributed by atoms with Crippen molar-refractivity contribution in [2.45, 2.75) is 34.1 Å². The van der Waals surface area contributed by atoms with Crippen molar-refractivity contribution in [3.8, 4) is 0 Å². The van der Waals surface area contributed by atoms with Gasteiger partial charge in [-0.2, -0.15) is 0 Å². The lowest BCUT2D eigenvalue weighted by atomic mass is 9.97. The van der Waals surface area contributed by atoms with Crippen molar-refractivity contribution in [1.82, 2.24) is 0 Å². The van der Waals surface area contributed by atoms with Crippen LogP contribution in [0.25, 0.3) is 0 Å². The smallest absolute Gasteiger partial charge is 0.237 e. The lowest BCUT2D eigenvalue weighted by molar-refractivity contribution is -0.129. The molecule has 0 aromatic heterocycles. The zero-order valence-corrected chi connectivity index (χ0v) is 18.0. The number of carbonyl (C=O) groups is 2. The van der Waals surface area contributed by atoms with E-state index in [2.05, 4.69) is 10.6 Å². The third-order valence-corrected chi connectivity index (χ3v) is 5.46. The monoisotopic (exact) mass is 400 g/mol. The quantitative estimate of drug-likeness (QED) is 0.548. The predicted octanol–water partition coefficient (Wildman–Crippen LogP) is 5.36. The third-order valence-electron chi connectivity index (χ3n) is 5.46. The predicted molar refractivity (Wildman–Crippen MR) is 123 cm³/mol. The van der Waals surface area contributed by atoms with Crippen LogP contribution in [0.5, 0.6) is 0 Å². The summed E-state index contributed by atoms with van der Waals surface area (Å²) in [6.07, 6.45) is 0.328. The molecule has 4 heteroatoms. The van der Waals surface area contributed by atoms with Crippen molar-refractivity contribution < 1.29 is 9.59 Å². The molecule has 0 bridgehead atoms. The Bertz CT molecular complexity index is 992. The molecule has 0 spiro atoms. The molecule has 0 atom stereocenters. The second-order valence-electron chi connectivity index (χ2n) is 7.82. The highest BCUT2D eigenvalue weighted by Gasteiger charge is 2.27. The largest absolute Gasteiger partial charge is 0.325 e. The molecule has 2 N–H and O–H groups in total. The van der Waals surface area contributed by atoms with E-state index in [0.29, 0.717) is 17.8 Å². The Labute approximate surface area is 178 Å². The van der Waals surface area contributed by atoms with Crippen molar-refractivity contribution in [1.29, 1.82) is 0 Å². The number of hydrogen-bond acceptors (Lipinski definition) is 2. The average molecular weight is 401 g/mol. The highest BCUT2D eigenvalue weighted by molar-refractivity contribution is 6.11. The van der Waals surface area contributed by atoms with Crippen LogP contribution in [0.4, 0.5) is 11.4 Å². The lowest BCUT2D eigenvalue weighted by Gasteiger charge is -2.18. The van der Waals surface area contributed by atoms with Crippen LogP contribution in [0.3, 0.4) is 0 Å². The van der Waals surface area contributed by atoms with Gasteiger partial charge in [-0.3, -0.25) is 9.59 Å². The van der Waals surface area contributed by atoms with E-state index >= 15 is 0 Å². The summed E-state index contributed by atoms with van der Waals surface area (Å²) in [6.45, 7) is 8.05. The zero-order chi connectivity index (χ0) is 21.7. The van der Waals surface area contributed by atoms with Gasteiger partial charge in [0.2, 0.25) is 11.8 Å². The van der Waals surface area contributed by atoms with Crippen LogP contribution in [0, 0.1) is 33.6 Å². The third kappa shape index (κ3) is 5.35. The Morgan fingerprint density at radius 3 is 1.57 bits per heavy atom. The number of anilines is 2. The summed E-state index contributed by atoms with van der Waals surface area (Å²) in [6, 6.07) is 21.1. The number of benzene rings is 3. The standard InChI is InChI=1S/C26H28N2O2/c1-17-10-12-22(14-19(17)3)27-25(29)24(16-21-8-6-5-7-9-21)26(30)28-23-13-11-18(2)20(4)15-23/h5-15,24H,16H2,1-4H3,(H,27,29)(H,28,30). The van der Waals surface area contributed by atoms with E-state index in [9.17, 15) is 9.59 Å². The number of nitrogens with one attached hydrogen (secondary N) is 2. The number of rotatable bonds is 6. The number of carbonyl (C=O) groups excluding carboxylic acids is 2. The van der Waals surface area contributed by atoms with E-state index in [1.54, 1.807) is 0 Å². The molecule has 2 amide bonds. The van der Waals surface area contributed by atoms with Crippen LogP contribution in [0.2, 0.25) is 0 Å². The zero-order valence-electron chi connectivity index (χ0n) is 18.0. The van der Waals surface area contributed by atoms with Gasteiger partial charge in [-0.25, -0.2) is 0 Å². The topological polar surface area (TPSA) is 58.2 Å². The first-order valence-electron chi connectivity index (χ1n) is 10.1. The maximum atomic E-state index is 13.1. The summed E-state index contributed by atoms with van der Waals surface area (Å²) in [4.78, 5) is 26.2. The summed E-state index contributed by atoms with van der Waals surface area (Å²) in [5.41, 5.74) is 6.81. The van der Waals surface area contributed by atoms with Crippen molar-refractivity contribution in [2.24, 2.45) is 5.92 Å². The fraction of sp³-hybridized carbons (Fsp3) is 0.231. The Morgan fingerprint density at radius 1 is 0.667 bits per heavy atom. The van der Waals surface area contributed by atoms with E-state index in [0.717, 1.165) is 27.8 Å². The lowest BCUT2D eigenvalue weighted by Crippen LogP contribution is -2.35. The van der Waals surface area contributed by atoms with Gasteiger partial charge in [0.15, 0.2) is 0 Å². The second kappa shape index (κ2) is 9.40. The molecule has 0 saturated heterocycles. The first-order chi connectivity index (χ1) is 14.3. The molecule has 154 valence electrons. The molecule has 0 aliphatic heterocycles. The van der Waals surface area contributed by atoms with E-state index < -0.39 is 5.92 Å². The Kier molecular flexibility index (Phi) is 6.68. The minimum absolute atomic E-state index is 0.316. The van der Waals surface area contributed by atoms with Gasteiger partial charge in [0.1, 0.15) is 5.92 Å². The summed E-state index contributed by atoms with van der Waals surface area (Å²) >= 11 is 0. The maximum Gasteiger partial charge on any atom is 0.237 e. The van der Waals surface area contributed by atoms with Crippen LogP contribution in [0.15, 0.2) is 66.7 Å². The Balaban J connectivity index is 1.82. The molecule has 0 radical (unpaired) electrons. The summed E-state index contributed by atoms with van der Waals surface area (Å²) < 4.78 is 0. The number of amides is 2. The average Bonchev–Trinajstić information content (AvgIpc) is 2.72. The first-order valence-corrected chi connectivity index (χ1v) is 10.1. The van der Waals surface area contributed by atoms with Gasteiger partial charge in [-0.05, 0) is 86.2 Å². The number of aryl methyl sites for hydroxylation is 4. The Morgan fingerprint density at radius 2 is 1.13 bits per heavy atom. The summed E-state index contributed by atoms with van der Waals surface area (Å²) in [5, 5.41) is 5.84. The molecule has 30 heavy (non-hydrogen) atoms. The van der Waals surface area contributed by atoms with E-state index in [4.69, 9.17) is 0 Å². The highest BCUT2D eigenvalue weighted by atomic mass is 16.2. The maximum absolute atomic E-state index is 13.1. The van der Waals surface area contributed by atoms with E-state index in [1.807, 2.05) is 94.4 Å². The van der Waals surface area contributed by atoms with Gasteiger partial charge in [0, 0.05) is 11.4 Å². The van der Waals surface area contributed by atoms with Gasteiger partial charge in [0.25, 0.3) is 0 Å². The highest BCUT2D eigenvalue weighted by Crippen LogP contribution is 2.19. The van der Waals surface area contributed by atoms with Gasteiger partial charge in [-0.15, -0.1) is 0 Å². The molecular formula is C26H28N2O2. The molecule has 0 fully saturated rings. The molecule has 0 aliphatic carbocycles. The molecular weight excluding hydrogens is 372 g/mol. The SMILES string of the molecule is Cc1ccc(NC(=O)C(Cc2ccccc2)C(=O)Nc2ccc(C)c(C)c2)cc1C. The minimum atomic E-state index is -0.851. The molecule has 0 heterocycles. The van der Waals surface area contributed by atoms with Crippen LogP contribution in [-0.4, -0.2) is 11.8 Å². The van der Waals surface area contributed by atoms with Crippen molar-refractivity contribution in [2.75, 3.05) is 10.6 Å². The van der Waals surface area contributed by atoms with Crippen LogP contribution in [0.1, 0.15) is 27.8 Å². The van der Waals surface area contributed by atoms with E-state index in [1.165, 1.54) is 0 Å². The van der Waals surface area contributed by atoms with Crippen molar-refractivity contribution in [3.05, 3.63) is 94.5 Å². The van der Waals surface area contributed by atoms with Crippen LogP contribution < -0.4 is 10.6 Å². The van der Waals surface area contributed by atoms with Gasteiger partial charge >= 0.3 is 0 Å². The number of hydrogen-bond donors (Lipinski definition) is 2. The van der Waals surface area contributed by atoms with Gasteiger partial charge < -0.3 is 10.6 Å². The fourth-order valence-electron chi connectivity index (χ4n) is 3.25. The second-order valence-corrected chi connectivity index (χ2v) is 7.82. The molecule has 3 aromatic rings. The molecule has 4 nitrogen and oxygen atoms in total. The fourth-order valence-corrected chi connectivity index (χ4v) is 3.25. The molecule has 3 aromatic carbocycles. The molecule has 0 unspecified atom stereocenters. The van der Waals surface area contributed by atoms with Gasteiger partial charge in [-0.1, -0.05) is 42.5 Å². The molecule has 0 aliphatic rings. The van der Waals surface area contributed by atoms with Crippen molar-refractivity contribution >= 4 is 23.2 Å². The molecule has 3 rings (SSSR count). The van der Waals surface area contributed by atoms with Crippen molar-refractivity contribution in [3.63, 3.8) is 0 Å². The molecule has 0 saturated carbocycles. The minimum Gasteiger partial charge on any atom is -0.325 e. The normalized spacial score (nSPS) is 10.7. The Hall–Kier alpha value is -3.40. The van der Waals surface area contributed by atoms with Gasteiger partial charge in [0.05, 0.1) is 0 Å². The van der Waals surface area contributed by atoms with Crippen LogP contribution >= 0.6 is 0 Å². The first kappa shape index (κ1) is 21.3.